The molecule has 3 rings (SSSR count). The van der Waals surface area contributed by atoms with Crippen LogP contribution in [0.5, 0.6) is 0 Å². The molecule has 1 heterocycles. The van der Waals surface area contributed by atoms with Gasteiger partial charge in [0.05, 0.1) is 24.9 Å². The average Bonchev–Trinajstić information content (AvgIpc) is 3.21. The van der Waals surface area contributed by atoms with E-state index in [9.17, 15) is 19.5 Å². The second-order valence-corrected chi connectivity index (χ2v) is 9.23. The number of nitrogens with one attached hydrogen (secondary N) is 1. The lowest BCUT2D eigenvalue weighted by Crippen LogP contribution is -2.45. The first-order valence-electron chi connectivity index (χ1n) is 11.1. The molecule has 184 valence electrons. The van der Waals surface area contributed by atoms with Crippen molar-refractivity contribution in [3.8, 4) is 0 Å². The minimum absolute atomic E-state index is 0.115. The number of amides is 1. The summed E-state index contributed by atoms with van der Waals surface area (Å²) >= 11 is 0. The van der Waals surface area contributed by atoms with E-state index in [2.05, 4.69) is 5.32 Å². The van der Waals surface area contributed by atoms with Crippen LogP contribution in [0.3, 0.4) is 0 Å². The molecule has 0 unspecified atom stereocenters. The zero-order valence-electron chi connectivity index (χ0n) is 19.8. The Morgan fingerprint density at radius 2 is 1.91 bits per heavy atom. The predicted molar refractivity (Wildman–Crippen MR) is 121 cm³/mol. The number of hydrogen-bond acceptors (Lipinski definition) is 8. The summed E-state index contributed by atoms with van der Waals surface area (Å²) in [4.78, 5) is 37.3. The van der Waals surface area contributed by atoms with Crippen LogP contribution in [0.25, 0.3) is 0 Å². The number of ether oxygens (including phenoxy) is 4. The Hall–Kier alpha value is -3.33. The number of aliphatic hydroxyl groups excluding tert-OH is 1. The second kappa shape index (κ2) is 10.7. The first-order valence-corrected chi connectivity index (χ1v) is 11.1. The number of carbonyl (C=O) groups is 3. The number of esters is 2. The smallest absolute Gasteiger partial charge is 0.408 e. The molecule has 9 nitrogen and oxygen atoms in total. The standard InChI is InChI=1S/C25H31NO8/c1-25(2,3)34-24(30)26-19(12-15-8-6-5-7-9-15)22(28)32-13-16-10-11-17-18(21(27)31-4)14-33-23(29)20(16)17/h5-10,14,17,19-20,23,29H,11-13H2,1-4H3,(H,26,30)/t17-,19+,20-,23-/m1/s1. The lowest BCUT2D eigenvalue weighted by molar-refractivity contribution is -0.148. The van der Waals surface area contributed by atoms with Gasteiger partial charge in [0, 0.05) is 12.3 Å². The fourth-order valence-corrected chi connectivity index (χ4v) is 4.06. The van der Waals surface area contributed by atoms with Crippen LogP contribution in [0.2, 0.25) is 0 Å². The molecule has 0 bridgehead atoms. The molecule has 9 heteroatoms. The fraction of sp³-hybridized carbons (Fsp3) is 0.480. The summed E-state index contributed by atoms with van der Waals surface area (Å²) < 4.78 is 20.8. The van der Waals surface area contributed by atoms with Gasteiger partial charge in [0.25, 0.3) is 0 Å². The zero-order valence-corrected chi connectivity index (χ0v) is 19.8. The summed E-state index contributed by atoms with van der Waals surface area (Å²) in [5, 5.41) is 12.9. The van der Waals surface area contributed by atoms with Gasteiger partial charge in [0.1, 0.15) is 18.2 Å². The zero-order chi connectivity index (χ0) is 24.9. The molecule has 1 aromatic rings. The molecular formula is C25H31NO8. The van der Waals surface area contributed by atoms with Gasteiger partial charge >= 0.3 is 18.0 Å². The van der Waals surface area contributed by atoms with Crippen molar-refractivity contribution >= 4 is 18.0 Å². The molecule has 1 aromatic carbocycles. The van der Waals surface area contributed by atoms with Crippen molar-refractivity contribution in [2.75, 3.05) is 13.7 Å². The number of benzene rings is 1. The van der Waals surface area contributed by atoms with E-state index in [1.54, 1.807) is 20.8 Å². The van der Waals surface area contributed by atoms with Crippen LogP contribution in [0, 0.1) is 11.8 Å². The minimum atomic E-state index is -1.18. The highest BCUT2D eigenvalue weighted by Crippen LogP contribution is 2.42. The van der Waals surface area contributed by atoms with Crippen LogP contribution in [0.1, 0.15) is 32.8 Å². The van der Waals surface area contributed by atoms with Gasteiger partial charge in [-0.15, -0.1) is 0 Å². The van der Waals surface area contributed by atoms with E-state index < -0.39 is 41.9 Å². The van der Waals surface area contributed by atoms with Crippen LogP contribution in [0.15, 0.2) is 53.8 Å². The molecular weight excluding hydrogens is 442 g/mol. The van der Waals surface area contributed by atoms with Gasteiger partial charge in [-0.05, 0) is 38.3 Å². The fourth-order valence-electron chi connectivity index (χ4n) is 4.06. The summed E-state index contributed by atoms with van der Waals surface area (Å²) in [5.41, 5.74) is 1.07. The van der Waals surface area contributed by atoms with E-state index in [0.717, 1.165) is 5.56 Å². The molecule has 34 heavy (non-hydrogen) atoms. The molecule has 0 fully saturated rings. The van der Waals surface area contributed by atoms with E-state index in [4.69, 9.17) is 18.9 Å². The molecule has 0 spiro atoms. The van der Waals surface area contributed by atoms with E-state index >= 15 is 0 Å². The molecule has 2 aliphatic rings. The highest BCUT2D eigenvalue weighted by atomic mass is 16.6. The van der Waals surface area contributed by atoms with Crippen molar-refractivity contribution in [1.82, 2.24) is 5.32 Å². The van der Waals surface area contributed by atoms with Crippen LogP contribution in [-0.2, 0) is 35.0 Å². The maximum atomic E-state index is 13.0. The van der Waals surface area contributed by atoms with Crippen LogP contribution >= 0.6 is 0 Å². The Labute approximate surface area is 198 Å². The Balaban J connectivity index is 1.67. The van der Waals surface area contributed by atoms with Crippen molar-refractivity contribution in [3.05, 3.63) is 59.4 Å². The average molecular weight is 474 g/mol. The van der Waals surface area contributed by atoms with Gasteiger partial charge < -0.3 is 29.4 Å². The van der Waals surface area contributed by atoms with Crippen molar-refractivity contribution < 1.29 is 38.4 Å². The van der Waals surface area contributed by atoms with E-state index in [1.165, 1.54) is 13.4 Å². The summed E-state index contributed by atoms with van der Waals surface area (Å²) in [6, 6.07) is 8.25. The summed E-state index contributed by atoms with van der Waals surface area (Å²) in [7, 11) is 1.28. The third-order valence-electron chi connectivity index (χ3n) is 5.60. The summed E-state index contributed by atoms with van der Waals surface area (Å²) in [6.07, 6.45) is 1.83. The summed E-state index contributed by atoms with van der Waals surface area (Å²) in [5.74, 6) is -2.05. The van der Waals surface area contributed by atoms with Crippen LogP contribution < -0.4 is 5.32 Å². The van der Waals surface area contributed by atoms with Gasteiger partial charge in [-0.2, -0.15) is 0 Å². The number of fused-ring (bicyclic) bond motifs is 1. The van der Waals surface area contributed by atoms with E-state index in [-0.39, 0.29) is 18.9 Å². The van der Waals surface area contributed by atoms with Gasteiger partial charge in [0.15, 0.2) is 0 Å². The molecule has 2 N–H and O–H groups in total. The topological polar surface area (TPSA) is 120 Å². The number of methoxy groups -OCH3 is 1. The molecule has 0 aromatic heterocycles. The number of aliphatic hydroxyl groups is 1. The summed E-state index contributed by atoms with van der Waals surface area (Å²) in [6.45, 7) is 5.08. The maximum absolute atomic E-state index is 13.0. The minimum Gasteiger partial charge on any atom is -0.472 e. The van der Waals surface area contributed by atoms with Gasteiger partial charge in [-0.3, -0.25) is 0 Å². The third kappa shape index (κ3) is 6.38. The molecule has 1 amide bonds. The van der Waals surface area contributed by atoms with Crippen LogP contribution in [0.4, 0.5) is 4.79 Å². The Morgan fingerprint density at radius 1 is 1.21 bits per heavy atom. The lowest BCUT2D eigenvalue weighted by atomic mass is 9.83. The first-order chi connectivity index (χ1) is 16.1. The van der Waals surface area contributed by atoms with Crippen molar-refractivity contribution in [3.63, 3.8) is 0 Å². The van der Waals surface area contributed by atoms with Gasteiger partial charge in [-0.1, -0.05) is 36.4 Å². The highest BCUT2D eigenvalue weighted by molar-refractivity contribution is 5.89. The molecule has 1 aliphatic carbocycles. The van der Waals surface area contributed by atoms with Crippen molar-refractivity contribution in [2.24, 2.45) is 11.8 Å². The number of alkyl carbamates (subject to hydrolysis) is 1. The SMILES string of the molecule is COC(=O)C1=CO[C@@H](O)[C@@H]2C(COC(=O)[C@H](Cc3ccccc3)NC(=O)OC(C)(C)C)=CC[C@H]12. The van der Waals surface area contributed by atoms with Crippen molar-refractivity contribution in [2.45, 2.75) is 51.5 Å². The van der Waals surface area contributed by atoms with Gasteiger partial charge in [-0.25, -0.2) is 14.4 Å². The number of rotatable bonds is 7. The number of hydrogen-bond donors (Lipinski definition) is 2. The van der Waals surface area contributed by atoms with E-state index in [0.29, 0.717) is 17.6 Å². The van der Waals surface area contributed by atoms with E-state index in [1.807, 2.05) is 36.4 Å². The highest BCUT2D eigenvalue weighted by Gasteiger charge is 2.44. The normalized spacial score (nSPS) is 22.3. The van der Waals surface area contributed by atoms with Crippen molar-refractivity contribution in [1.29, 1.82) is 0 Å². The molecule has 1 aliphatic heterocycles. The Bertz CT molecular complexity index is 963. The molecule has 0 saturated heterocycles. The molecule has 0 saturated carbocycles. The quantitative estimate of drug-likeness (QED) is 0.352. The Kier molecular flexibility index (Phi) is 7.98. The van der Waals surface area contributed by atoms with Gasteiger partial charge in [0.2, 0.25) is 6.29 Å². The lowest BCUT2D eigenvalue weighted by Gasteiger charge is -2.32. The largest absolute Gasteiger partial charge is 0.472 e. The van der Waals surface area contributed by atoms with Crippen LogP contribution in [-0.4, -0.2) is 54.8 Å². The molecule has 4 atom stereocenters. The third-order valence-corrected chi connectivity index (χ3v) is 5.60. The molecule has 0 radical (unpaired) electrons. The number of carbonyl (C=O) groups excluding carboxylic acids is 3. The monoisotopic (exact) mass is 473 g/mol. The number of allylic oxidation sites excluding steroid dienone is 1. The Morgan fingerprint density at radius 3 is 2.56 bits per heavy atom. The predicted octanol–water partition coefficient (Wildman–Crippen LogP) is 2.63. The second-order valence-electron chi connectivity index (χ2n) is 9.23. The maximum Gasteiger partial charge on any atom is 0.408 e. The first kappa shape index (κ1) is 25.3.